The van der Waals surface area contributed by atoms with E-state index in [0.29, 0.717) is 37.0 Å². The van der Waals surface area contributed by atoms with Crippen LogP contribution < -0.4 is 4.90 Å². The van der Waals surface area contributed by atoms with Gasteiger partial charge in [0.25, 0.3) is 5.91 Å². The van der Waals surface area contributed by atoms with E-state index in [1.165, 1.54) is 23.5 Å². The standard InChI is InChI=1S/C23H27N3O4S2/c1-3-17-5-4-6-20-21(17)24-23(31-20)26(12-11-25-13-15-30-16-14-25)22(27)18-7-9-19(10-8-18)32(2,28)29/h4-10H,3,11-16H2,1-2H3. The number of aromatic nitrogens is 1. The molecule has 0 spiro atoms. The van der Waals surface area contributed by atoms with E-state index in [2.05, 4.69) is 17.9 Å². The second-order valence-corrected chi connectivity index (χ2v) is 10.8. The minimum Gasteiger partial charge on any atom is -0.379 e. The van der Waals surface area contributed by atoms with Crippen LogP contribution in [0.3, 0.4) is 0 Å². The van der Waals surface area contributed by atoms with Crippen LogP contribution in [0.1, 0.15) is 22.8 Å². The zero-order chi connectivity index (χ0) is 22.7. The second kappa shape index (κ2) is 9.66. The van der Waals surface area contributed by atoms with Gasteiger partial charge < -0.3 is 4.74 Å². The first-order valence-electron chi connectivity index (χ1n) is 10.7. The Balaban J connectivity index is 1.66. The lowest BCUT2D eigenvalue weighted by Gasteiger charge is -2.29. The van der Waals surface area contributed by atoms with Crippen LogP contribution in [0.5, 0.6) is 0 Å². The van der Waals surface area contributed by atoms with Crippen molar-refractivity contribution >= 4 is 42.4 Å². The Morgan fingerprint density at radius 1 is 1.16 bits per heavy atom. The minimum atomic E-state index is -3.32. The summed E-state index contributed by atoms with van der Waals surface area (Å²) in [5.41, 5.74) is 2.53. The molecule has 0 N–H and O–H groups in total. The molecule has 3 aromatic rings. The molecule has 4 rings (SSSR count). The Hall–Kier alpha value is -2.33. The Morgan fingerprint density at radius 3 is 2.53 bits per heavy atom. The van der Waals surface area contributed by atoms with Crippen molar-refractivity contribution in [3.05, 3.63) is 53.6 Å². The fourth-order valence-electron chi connectivity index (χ4n) is 3.75. The lowest BCUT2D eigenvalue weighted by Crippen LogP contribution is -2.43. The Morgan fingerprint density at radius 2 is 1.88 bits per heavy atom. The van der Waals surface area contributed by atoms with Crippen LogP contribution in [0, 0.1) is 0 Å². The number of rotatable bonds is 7. The molecule has 170 valence electrons. The van der Waals surface area contributed by atoms with Crippen LogP contribution in [-0.2, 0) is 21.0 Å². The number of nitrogens with zero attached hydrogens (tertiary/aromatic N) is 3. The number of hydrogen-bond donors (Lipinski definition) is 0. The van der Waals surface area contributed by atoms with Gasteiger partial charge in [-0.05, 0) is 42.3 Å². The van der Waals surface area contributed by atoms with Gasteiger partial charge in [-0.1, -0.05) is 30.4 Å². The molecule has 0 radical (unpaired) electrons. The Labute approximate surface area is 192 Å². The second-order valence-electron chi connectivity index (χ2n) is 7.82. The average molecular weight is 474 g/mol. The lowest BCUT2D eigenvalue weighted by molar-refractivity contribution is 0.0391. The molecule has 1 aliphatic rings. The third-order valence-corrected chi connectivity index (χ3v) is 7.79. The number of carbonyl (C=O) groups excluding carboxylic acids is 1. The summed E-state index contributed by atoms with van der Waals surface area (Å²) in [6, 6.07) is 12.2. The number of aryl methyl sites for hydroxylation is 1. The first-order valence-corrected chi connectivity index (χ1v) is 13.4. The van der Waals surface area contributed by atoms with E-state index in [9.17, 15) is 13.2 Å². The molecule has 0 unspecified atom stereocenters. The summed E-state index contributed by atoms with van der Waals surface area (Å²) in [5.74, 6) is -0.185. The molecule has 7 nitrogen and oxygen atoms in total. The number of morpholine rings is 1. The van der Waals surface area contributed by atoms with Gasteiger partial charge in [0.1, 0.15) is 0 Å². The molecule has 0 bridgehead atoms. The normalized spacial score (nSPS) is 15.2. The van der Waals surface area contributed by atoms with Gasteiger partial charge in [-0.25, -0.2) is 13.4 Å². The molecule has 0 saturated carbocycles. The van der Waals surface area contributed by atoms with Crippen molar-refractivity contribution in [3.8, 4) is 0 Å². The Kier molecular flexibility index (Phi) is 6.90. The van der Waals surface area contributed by atoms with Crippen molar-refractivity contribution in [1.82, 2.24) is 9.88 Å². The van der Waals surface area contributed by atoms with Gasteiger partial charge in [-0.15, -0.1) is 0 Å². The maximum atomic E-state index is 13.5. The molecule has 1 fully saturated rings. The van der Waals surface area contributed by atoms with Gasteiger partial charge >= 0.3 is 0 Å². The summed E-state index contributed by atoms with van der Waals surface area (Å²) in [6.45, 7) is 6.37. The fourth-order valence-corrected chi connectivity index (χ4v) is 5.41. The van der Waals surface area contributed by atoms with E-state index in [1.807, 2.05) is 12.1 Å². The highest BCUT2D eigenvalue weighted by molar-refractivity contribution is 7.90. The van der Waals surface area contributed by atoms with Crippen LogP contribution >= 0.6 is 11.3 Å². The van der Waals surface area contributed by atoms with Gasteiger partial charge in [-0.3, -0.25) is 14.6 Å². The van der Waals surface area contributed by atoms with Crippen molar-refractivity contribution < 1.29 is 17.9 Å². The molecule has 0 aliphatic carbocycles. The number of para-hydroxylation sites is 1. The third kappa shape index (κ3) is 5.01. The highest BCUT2D eigenvalue weighted by Crippen LogP contribution is 2.32. The number of thiazole rings is 1. The molecule has 0 atom stereocenters. The first kappa shape index (κ1) is 22.8. The summed E-state index contributed by atoms with van der Waals surface area (Å²) in [5, 5.41) is 0.659. The monoisotopic (exact) mass is 473 g/mol. The summed E-state index contributed by atoms with van der Waals surface area (Å²) >= 11 is 1.51. The third-order valence-electron chi connectivity index (χ3n) is 5.62. The number of carbonyl (C=O) groups is 1. The Bertz CT molecular complexity index is 1200. The molecule has 2 heterocycles. The molecular formula is C23H27N3O4S2. The molecule has 1 saturated heterocycles. The summed E-state index contributed by atoms with van der Waals surface area (Å²) in [4.78, 5) is 22.5. The largest absolute Gasteiger partial charge is 0.379 e. The number of fused-ring (bicyclic) bond motifs is 1. The van der Waals surface area contributed by atoms with Crippen LogP contribution in [0.25, 0.3) is 10.2 Å². The van der Waals surface area contributed by atoms with Gasteiger partial charge in [0.2, 0.25) is 0 Å². The molecule has 9 heteroatoms. The zero-order valence-electron chi connectivity index (χ0n) is 18.3. The van der Waals surface area contributed by atoms with E-state index in [4.69, 9.17) is 9.72 Å². The quantitative estimate of drug-likeness (QED) is 0.524. The number of sulfone groups is 1. The number of hydrogen-bond acceptors (Lipinski definition) is 7. The fraction of sp³-hybridized carbons (Fsp3) is 0.391. The van der Waals surface area contributed by atoms with Crippen molar-refractivity contribution in [1.29, 1.82) is 0 Å². The van der Waals surface area contributed by atoms with E-state index < -0.39 is 9.84 Å². The van der Waals surface area contributed by atoms with Crippen LogP contribution in [0.4, 0.5) is 5.13 Å². The van der Waals surface area contributed by atoms with Crippen molar-refractivity contribution in [2.24, 2.45) is 0 Å². The summed E-state index contributed by atoms with van der Waals surface area (Å²) in [7, 11) is -3.32. The topological polar surface area (TPSA) is 79.8 Å². The van der Waals surface area contributed by atoms with Gasteiger partial charge in [0.15, 0.2) is 15.0 Å². The predicted octanol–water partition coefficient (Wildman–Crippen LogP) is 3.24. The SMILES string of the molecule is CCc1cccc2sc(N(CCN3CCOCC3)C(=O)c3ccc(S(C)(=O)=O)cc3)nc12. The lowest BCUT2D eigenvalue weighted by atomic mass is 10.1. The average Bonchev–Trinajstić information content (AvgIpc) is 3.23. The number of amides is 1. The highest BCUT2D eigenvalue weighted by atomic mass is 32.2. The first-order chi connectivity index (χ1) is 15.4. The highest BCUT2D eigenvalue weighted by Gasteiger charge is 2.23. The maximum absolute atomic E-state index is 13.5. The van der Waals surface area contributed by atoms with Gasteiger partial charge in [-0.2, -0.15) is 0 Å². The summed E-state index contributed by atoms with van der Waals surface area (Å²) in [6.07, 6.45) is 2.03. The zero-order valence-corrected chi connectivity index (χ0v) is 19.9. The molecule has 1 amide bonds. The number of anilines is 1. The maximum Gasteiger partial charge on any atom is 0.260 e. The number of ether oxygens (including phenoxy) is 1. The molecule has 1 aliphatic heterocycles. The van der Waals surface area contributed by atoms with Crippen molar-refractivity contribution in [2.45, 2.75) is 18.2 Å². The van der Waals surface area contributed by atoms with E-state index in [0.717, 1.165) is 41.5 Å². The van der Waals surface area contributed by atoms with Gasteiger partial charge in [0.05, 0.1) is 28.3 Å². The number of benzene rings is 2. The van der Waals surface area contributed by atoms with Crippen LogP contribution in [0.2, 0.25) is 0 Å². The van der Waals surface area contributed by atoms with Crippen LogP contribution in [0.15, 0.2) is 47.4 Å². The van der Waals surface area contributed by atoms with Gasteiger partial charge in [0, 0.05) is 38.0 Å². The molecular weight excluding hydrogens is 446 g/mol. The van der Waals surface area contributed by atoms with Crippen molar-refractivity contribution in [2.75, 3.05) is 50.5 Å². The van der Waals surface area contributed by atoms with E-state index in [-0.39, 0.29) is 10.8 Å². The molecule has 2 aromatic carbocycles. The molecule has 32 heavy (non-hydrogen) atoms. The van der Waals surface area contributed by atoms with Crippen molar-refractivity contribution in [3.63, 3.8) is 0 Å². The molecule has 1 aromatic heterocycles. The predicted molar refractivity (Wildman–Crippen MR) is 127 cm³/mol. The minimum absolute atomic E-state index is 0.185. The van der Waals surface area contributed by atoms with E-state index >= 15 is 0 Å². The van der Waals surface area contributed by atoms with E-state index in [1.54, 1.807) is 17.0 Å². The summed E-state index contributed by atoms with van der Waals surface area (Å²) < 4.78 is 30.1. The van der Waals surface area contributed by atoms with Crippen LogP contribution in [-0.4, -0.2) is 69.9 Å². The smallest absolute Gasteiger partial charge is 0.260 e.